The average Bonchev–Trinajstić information content (AvgIpc) is 2.46. The molecule has 0 aliphatic rings. The summed E-state index contributed by atoms with van der Waals surface area (Å²) in [6, 6.07) is 12.0. The number of hydrogen-bond donors (Lipinski definition) is 1. The predicted molar refractivity (Wildman–Crippen MR) is 80.4 cm³/mol. The second-order valence-corrected chi connectivity index (χ2v) is 4.89. The molecule has 1 unspecified atom stereocenters. The van der Waals surface area contributed by atoms with Crippen LogP contribution in [0.1, 0.15) is 24.2 Å². The molecule has 0 aliphatic carbocycles. The Bertz CT molecular complexity index is 557. The topological polar surface area (TPSA) is 42.2 Å². The second kappa shape index (κ2) is 6.04. The van der Waals surface area contributed by atoms with Crippen LogP contribution in [0.3, 0.4) is 0 Å². The molecule has 0 aliphatic heterocycles. The molecule has 0 spiro atoms. The van der Waals surface area contributed by atoms with E-state index in [2.05, 4.69) is 16.8 Å². The summed E-state index contributed by atoms with van der Waals surface area (Å²) < 4.78 is 0. The van der Waals surface area contributed by atoms with Crippen molar-refractivity contribution in [2.24, 2.45) is 5.73 Å². The number of nitrogens with two attached hydrogens (primary N) is 1. The Kier molecular flexibility index (Phi) is 4.40. The molecule has 2 aromatic rings. The zero-order valence-electron chi connectivity index (χ0n) is 11.2. The highest BCUT2D eigenvalue weighted by Crippen LogP contribution is 2.30. The Balaban J connectivity index is 2.34. The molecule has 0 saturated heterocycles. The molecule has 0 radical (unpaired) electrons. The molecule has 100 valence electrons. The van der Waals surface area contributed by atoms with Crippen LogP contribution in [-0.2, 0) is 6.54 Å². The third-order valence-corrected chi connectivity index (χ3v) is 3.72. The van der Waals surface area contributed by atoms with Gasteiger partial charge in [-0.05, 0) is 30.7 Å². The van der Waals surface area contributed by atoms with Gasteiger partial charge in [0.05, 0.1) is 17.4 Å². The van der Waals surface area contributed by atoms with E-state index in [1.54, 1.807) is 6.20 Å². The van der Waals surface area contributed by atoms with Crippen LogP contribution in [0.25, 0.3) is 0 Å². The molecule has 1 atom stereocenters. The number of halogens is 1. The van der Waals surface area contributed by atoms with Crippen LogP contribution >= 0.6 is 11.6 Å². The van der Waals surface area contributed by atoms with Crippen LogP contribution in [0.15, 0.2) is 42.6 Å². The minimum atomic E-state index is 0.156. The van der Waals surface area contributed by atoms with Gasteiger partial charge >= 0.3 is 0 Å². The fraction of sp³-hybridized carbons (Fsp3) is 0.267. The van der Waals surface area contributed by atoms with E-state index in [0.29, 0.717) is 6.54 Å². The Morgan fingerprint density at radius 1 is 1.26 bits per heavy atom. The summed E-state index contributed by atoms with van der Waals surface area (Å²) >= 11 is 6.26. The highest BCUT2D eigenvalue weighted by atomic mass is 35.5. The number of benzene rings is 1. The van der Waals surface area contributed by atoms with Gasteiger partial charge < -0.3 is 10.6 Å². The first-order chi connectivity index (χ1) is 9.15. The van der Waals surface area contributed by atoms with Gasteiger partial charge in [0.1, 0.15) is 0 Å². The van der Waals surface area contributed by atoms with E-state index in [1.807, 2.05) is 43.4 Å². The zero-order chi connectivity index (χ0) is 13.8. The van der Waals surface area contributed by atoms with Crippen molar-refractivity contribution in [2.45, 2.75) is 19.5 Å². The summed E-state index contributed by atoms with van der Waals surface area (Å²) in [5, 5.41) is 0.778. The minimum absolute atomic E-state index is 0.156. The number of anilines is 1. The minimum Gasteiger partial charge on any atom is -0.366 e. The van der Waals surface area contributed by atoms with E-state index in [9.17, 15) is 0 Å². The van der Waals surface area contributed by atoms with Crippen LogP contribution in [0.5, 0.6) is 0 Å². The molecule has 2 N–H and O–H groups in total. The summed E-state index contributed by atoms with van der Waals surface area (Å²) in [7, 11) is 2.03. The molecule has 0 amide bonds. The third-order valence-electron chi connectivity index (χ3n) is 3.38. The lowest BCUT2D eigenvalue weighted by Crippen LogP contribution is -2.24. The predicted octanol–water partition coefficient (Wildman–Crippen LogP) is 3.39. The largest absolute Gasteiger partial charge is 0.366 e. The quantitative estimate of drug-likeness (QED) is 0.930. The van der Waals surface area contributed by atoms with Gasteiger partial charge in [-0.3, -0.25) is 4.98 Å². The maximum Gasteiger partial charge on any atom is 0.0772 e. The number of hydrogen-bond acceptors (Lipinski definition) is 3. The van der Waals surface area contributed by atoms with E-state index in [-0.39, 0.29) is 6.04 Å². The van der Waals surface area contributed by atoms with Crippen molar-refractivity contribution in [3.8, 4) is 0 Å². The van der Waals surface area contributed by atoms with Crippen LogP contribution in [0.4, 0.5) is 5.69 Å². The first-order valence-electron chi connectivity index (χ1n) is 6.26. The van der Waals surface area contributed by atoms with Crippen molar-refractivity contribution in [2.75, 3.05) is 11.9 Å². The average molecular weight is 276 g/mol. The monoisotopic (exact) mass is 275 g/mol. The molecule has 1 heterocycles. The van der Waals surface area contributed by atoms with Gasteiger partial charge in [0, 0.05) is 24.8 Å². The standard InChI is InChI=1S/C15H18ClN3/c1-11(12-6-3-4-7-13(12)16)19(2)15-8-5-9-18-14(15)10-17/h3-9,11H,10,17H2,1-2H3. The highest BCUT2D eigenvalue weighted by molar-refractivity contribution is 6.31. The number of rotatable bonds is 4. The van der Waals surface area contributed by atoms with E-state index in [4.69, 9.17) is 17.3 Å². The Hall–Kier alpha value is -1.58. The van der Waals surface area contributed by atoms with Crippen LogP contribution in [0.2, 0.25) is 5.02 Å². The van der Waals surface area contributed by atoms with Gasteiger partial charge in [0.2, 0.25) is 0 Å². The molecular weight excluding hydrogens is 258 g/mol. The fourth-order valence-electron chi connectivity index (χ4n) is 2.14. The van der Waals surface area contributed by atoms with Crippen molar-refractivity contribution in [1.82, 2.24) is 4.98 Å². The smallest absolute Gasteiger partial charge is 0.0772 e. The molecule has 19 heavy (non-hydrogen) atoms. The van der Waals surface area contributed by atoms with Crippen LogP contribution in [-0.4, -0.2) is 12.0 Å². The van der Waals surface area contributed by atoms with E-state index >= 15 is 0 Å². The SMILES string of the molecule is CC(c1ccccc1Cl)N(C)c1cccnc1CN. The van der Waals surface area contributed by atoms with Gasteiger partial charge in [0.25, 0.3) is 0 Å². The van der Waals surface area contributed by atoms with Crippen molar-refractivity contribution >= 4 is 17.3 Å². The van der Waals surface area contributed by atoms with Crippen molar-refractivity contribution in [3.63, 3.8) is 0 Å². The zero-order valence-corrected chi connectivity index (χ0v) is 11.9. The Morgan fingerprint density at radius 3 is 2.68 bits per heavy atom. The van der Waals surface area contributed by atoms with E-state index in [1.165, 1.54) is 0 Å². The summed E-state index contributed by atoms with van der Waals surface area (Å²) in [5.41, 5.74) is 8.77. The lowest BCUT2D eigenvalue weighted by molar-refractivity contribution is 0.731. The Labute approximate surface area is 119 Å². The Morgan fingerprint density at radius 2 is 2.00 bits per heavy atom. The molecule has 0 bridgehead atoms. The number of nitrogens with zero attached hydrogens (tertiary/aromatic N) is 2. The molecule has 0 saturated carbocycles. The summed E-state index contributed by atoms with van der Waals surface area (Å²) in [5.74, 6) is 0. The molecule has 4 heteroatoms. The van der Waals surface area contributed by atoms with Gasteiger partial charge in [-0.2, -0.15) is 0 Å². The maximum absolute atomic E-state index is 6.26. The number of aromatic nitrogens is 1. The van der Waals surface area contributed by atoms with Gasteiger partial charge in [0.15, 0.2) is 0 Å². The maximum atomic E-state index is 6.26. The van der Waals surface area contributed by atoms with Crippen LogP contribution in [0, 0.1) is 0 Å². The first kappa shape index (κ1) is 13.8. The van der Waals surface area contributed by atoms with Gasteiger partial charge in [-0.25, -0.2) is 0 Å². The molecular formula is C15H18ClN3. The molecule has 1 aromatic heterocycles. The normalized spacial score (nSPS) is 12.2. The summed E-state index contributed by atoms with van der Waals surface area (Å²) in [6.07, 6.45) is 1.76. The second-order valence-electron chi connectivity index (χ2n) is 4.48. The van der Waals surface area contributed by atoms with E-state index in [0.717, 1.165) is 22.0 Å². The third kappa shape index (κ3) is 2.88. The van der Waals surface area contributed by atoms with Gasteiger partial charge in [-0.15, -0.1) is 0 Å². The first-order valence-corrected chi connectivity index (χ1v) is 6.64. The van der Waals surface area contributed by atoms with Crippen molar-refractivity contribution < 1.29 is 0 Å². The molecule has 0 fully saturated rings. The van der Waals surface area contributed by atoms with Gasteiger partial charge in [-0.1, -0.05) is 29.8 Å². The van der Waals surface area contributed by atoms with Crippen molar-refractivity contribution in [1.29, 1.82) is 0 Å². The summed E-state index contributed by atoms with van der Waals surface area (Å²) in [6.45, 7) is 2.55. The molecule has 2 rings (SSSR count). The van der Waals surface area contributed by atoms with Crippen LogP contribution < -0.4 is 10.6 Å². The number of pyridine rings is 1. The summed E-state index contributed by atoms with van der Waals surface area (Å²) in [4.78, 5) is 6.47. The lowest BCUT2D eigenvalue weighted by Gasteiger charge is -2.29. The van der Waals surface area contributed by atoms with E-state index < -0.39 is 0 Å². The van der Waals surface area contributed by atoms with Crippen molar-refractivity contribution in [3.05, 3.63) is 58.9 Å². The molecule has 3 nitrogen and oxygen atoms in total. The highest BCUT2D eigenvalue weighted by Gasteiger charge is 2.17. The molecule has 1 aromatic carbocycles. The fourth-order valence-corrected chi connectivity index (χ4v) is 2.43. The lowest BCUT2D eigenvalue weighted by atomic mass is 10.1.